The number of hydrogen-bond donors (Lipinski definition) is 1. The zero-order chi connectivity index (χ0) is 23.2. The first-order valence-corrected chi connectivity index (χ1v) is 11.4. The predicted molar refractivity (Wildman–Crippen MR) is 122 cm³/mol. The van der Waals surface area contributed by atoms with Crippen LogP contribution in [0.1, 0.15) is 12.5 Å². The molecule has 0 aromatic heterocycles. The van der Waals surface area contributed by atoms with Crippen LogP contribution in [0.2, 0.25) is 5.02 Å². The highest BCUT2D eigenvalue weighted by Crippen LogP contribution is 2.21. The van der Waals surface area contributed by atoms with Crippen LogP contribution in [0.15, 0.2) is 54.6 Å². The minimum Gasteiger partial charge on any atom is -0.357 e. The molecule has 1 atom stereocenters. The van der Waals surface area contributed by atoms with Crippen molar-refractivity contribution in [2.75, 3.05) is 32.0 Å². The number of nitrogens with one attached hydrogen (secondary N) is 1. The summed E-state index contributed by atoms with van der Waals surface area (Å²) >= 11 is 6.06. The van der Waals surface area contributed by atoms with Crippen molar-refractivity contribution in [1.29, 1.82) is 0 Å². The van der Waals surface area contributed by atoms with Crippen molar-refractivity contribution >= 4 is 39.3 Å². The van der Waals surface area contributed by atoms with Crippen molar-refractivity contribution in [3.05, 3.63) is 65.2 Å². The van der Waals surface area contributed by atoms with Gasteiger partial charge in [0, 0.05) is 32.7 Å². The normalized spacial score (nSPS) is 12.3. The van der Waals surface area contributed by atoms with E-state index in [2.05, 4.69) is 5.32 Å². The lowest BCUT2D eigenvalue weighted by Crippen LogP contribution is -2.52. The van der Waals surface area contributed by atoms with Crippen LogP contribution in [0.3, 0.4) is 0 Å². The van der Waals surface area contributed by atoms with Crippen LogP contribution in [-0.4, -0.2) is 63.2 Å². The number of benzene rings is 2. The molecule has 2 aromatic carbocycles. The molecule has 0 unspecified atom stereocenters. The maximum atomic E-state index is 13.3. The van der Waals surface area contributed by atoms with E-state index in [1.807, 2.05) is 0 Å². The fourth-order valence-corrected chi connectivity index (χ4v) is 4.20. The summed E-state index contributed by atoms with van der Waals surface area (Å²) < 4.78 is 27.9. The van der Waals surface area contributed by atoms with Crippen molar-refractivity contribution in [3.8, 4) is 0 Å². The van der Waals surface area contributed by atoms with E-state index in [9.17, 15) is 18.0 Å². The molecule has 0 radical (unpaired) electrons. The topological polar surface area (TPSA) is 90.0 Å². The van der Waals surface area contributed by atoms with Crippen molar-refractivity contribution < 1.29 is 18.0 Å². The van der Waals surface area contributed by atoms with Crippen LogP contribution in [0.25, 0.3) is 0 Å². The second kappa shape index (κ2) is 10.6. The number of rotatable bonds is 9. The second-order valence-corrected chi connectivity index (χ2v) is 9.58. The highest BCUT2D eigenvalue weighted by Gasteiger charge is 2.32. The Morgan fingerprint density at radius 1 is 1.06 bits per heavy atom. The van der Waals surface area contributed by atoms with Gasteiger partial charge in [0.15, 0.2) is 0 Å². The highest BCUT2D eigenvalue weighted by molar-refractivity contribution is 7.90. The van der Waals surface area contributed by atoms with E-state index in [4.69, 9.17) is 11.6 Å². The Kier molecular flexibility index (Phi) is 8.43. The van der Waals surface area contributed by atoms with E-state index in [-0.39, 0.29) is 12.5 Å². The first-order chi connectivity index (χ1) is 14.6. The molecule has 8 nitrogen and oxygen atoms in total. The van der Waals surface area contributed by atoms with Gasteiger partial charge in [-0.05, 0) is 36.8 Å². The largest absolute Gasteiger partial charge is 0.357 e. The third kappa shape index (κ3) is 6.19. The van der Waals surface area contributed by atoms with Gasteiger partial charge in [0.2, 0.25) is 11.8 Å². The Morgan fingerprint density at radius 3 is 2.26 bits per heavy atom. The number of carbonyl (C=O) groups is 2. The van der Waals surface area contributed by atoms with Gasteiger partial charge in [-0.3, -0.25) is 9.59 Å². The Hall–Kier alpha value is -2.62. The first-order valence-electron chi connectivity index (χ1n) is 9.58. The molecule has 31 heavy (non-hydrogen) atoms. The van der Waals surface area contributed by atoms with Crippen molar-refractivity contribution in [3.63, 3.8) is 0 Å². The van der Waals surface area contributed by atoms with Gasteiger partial charge in [-0.2, -0.15) is 12.7 Å². The zero-order valence-corrected chi connectivity index (χ0v) is 19.5. The molecular weight excluding hydrogens is 440 g/mol. The molecule has 0 bridgehead atoms. The van der Waals surface area contributed by atoms with Crippen molar-refractivity contribution in [2.45, 2.75) is 19.5 Å². The van der Waals surface area contributed by atoms with Gasteiger partial charge in [0.25, 0.3) is 0 Å². The maximum Gasteiger partial charge on any atom is 0.304 e. The first kappa shape index (κ1) is 24.6. The Morgan fingerprint density at radius 2 is 1.71 bits per heavy atom. The second-order valence-electron chi connectivity index (χ2n) is 7.07. The maximum absolute atomic E-state index is 13.3. The lowest BCUT2D eigenvalue weighted by Gasteiger charge is -2.32. The fourth-order valence-electron chi connectivity index (χ4n) is 2.93. The molecule has 0 heterocycles. The minimum absolute atomic E-state index is 0.0959. The molecule has 0 aliphatic carbocycles. The molecule has 2 aromatic rings. The van der Waals surface area contributed by atoms with Gasteiger partial charge in [0.1, 0.15) is 12.6 Å². The van der Waals surface area contributed by atoms with Crippen molar-refractivity contribution in [1.82, 2.24) is 14.5 Å². The predicted octanol–water partition coefficient (Wildman–Crippen LogP) is 2.12. The van der Waals surface area contributed by atoms with Crippen LogP contribution < -0.4 is 9.62 Å². The van der Waals surface area contributed by atoms with Crippen LogP contribution in [0.5, 0.6) is 0 Å². The van der Waals surface area contributed by atoms with Crippen LogP contribution in [0.4, 0.5) is 5.69 Å². The van der Waals surface area contributed by atoms with E-state index in [0.717, 1.165) is 14.2 Å². The van der Waals surface area contributed by atoms with E-state index in [1.165, 1.54) is 26.0 Å². The Labute approximate surface area is 188 Å². The standard InChI is InChI=1S/C21H27ClN4O4S/c1-16(21(28)23-2)25(14-17-9-8-10-18(22)13-17)20(27)15-26(31(29,30)24(3)4)19-11-6-5-7-12-19/h5-13,16H,14-15H2,1-4H3,(H,23,28)/t16-/m0/s1. The Balaban J connectivity index is 2.42. The summed E-state index contributed by atoms with van der Waals surface area (Å²) in [5.41, 5.74) is 1.07. The molecule has 1 N–H and O–H groups in total. The summed E-state index contributed by atoms with van der Waals surface area (Å²) in [5.74, 6) is -0.887. The van der Waals surface area contributed by atoms with E-state index in [1.54, 1.807) is 61.5 Å². The number of nitrogens with zero attached hydrogens (tertiary/aromatic N) is 3. The summed E-state index contributed by atoms with van der Waals surface area (Å²) in [6.45, 7) is 1.22. The van der Waals surface area contributed by atoms with E-state index >= 15 is 0 Å². The number of hydrogen-bond acceptors (Lipinski definition) is 4. The number of anilines is 1. The SMILES string of the molecule is CNC(=O)[C@H](C)N(Cc1cccc(Cl)c1)C(=O)CN(c1ccccc1)S(=O)(=O)N(C)C. The third-order valence-corrected chi connectivity index (χ3v) is 6.77. The molecule has 2 amide bonds. The van der Waals surface area contributed by atoms with Crippen LogP contribution in [0, 0.1) is 0 Å². The number of para-hydroxylation sites is 1. The number of carbonyl (C=O) groups excluding carboxylic acids is 2. The molecule has 0 spiro atoms. The number of likely N-dealkylation sites (N-methyl/N-ethyl adjacent to an activating group) is 1. The monoisotopic (exact) mass is 466 g/mol. The molecule has 0 saturated heterocycles. The van der Waals surface area contributed by atoms with E-state index in [0.29, 0.717) is 10.7 Å². The molecule has 0 aliphatic heterocycles. The quantitative estimate of drug-likeness (QED) is 0.613. The molecule has 2 rings (SSSR count). The average molecular weight is 467 g/mol. The molecule has 10 heteroatoms. The zero-order valence-electron chi connectivity index (χ0n) is 17.9. The fraction of sp³-hybridized carbons (Fsp3) is 0.333. The third-order valence-electron chi connectivity index (χ3n) is 4.72. The molecule has 0 fully saturated rings. The summed E-state index contributed by atoms with van der Waals surface area (Å²) in [6, 6.07) is 14.5. The van der Waals surface area contributed by atoms with Gasteiger partial charge >= 0.3 is 10.2 Å². The number of halogens is 1. The van der Waals surface area contributed by atoms with Gasteiger partial charge < -0.3 is 10.2 Å². The lowest BCUT2D eigenvalue weighted by molar-refractivity contribution is -0.139. The summed E-state index contributed by atoms with van der Waals surface area (Å²) in [4.78, 5) is 27.0. The number of amides is 2. The molecular formula is C21H27ClN4O4S. The van der Waals surface area contributed by atoms with Gasteiger partial charge in [-0.25, -0.2) is 4.31 Å². The van der Waals surface area contributed by atoms with Crippen LogP contribution >= 0.6 is 11.6 Å². The van der Waals surface area contributed by atoms with Crippen molar-refractivity contribution in [2.24, 2.45) is 0 Å². The summed E-state index contributed by atoms with van der Waals surface area (Å²) in [7, 11) is 0.317. The van der Waals surface area contributed by atoms with Gasteiger partial charge in [-0.1, -0.05) is 41.9 Å². The highest BCUT2D eigenvalue weighted by atomic mass is 35.5. The van der Waals surface area contributed by atoms with Gasteiger partial charge in [0.05, 0.1) is 5.69 Å². The average Bonchev–Trinajstić information content (AvgIpc) is 2.75. The van der Waals surface area contributed by atoms with E-state index < -0.39 is 28.7 Å². The van der Waals surface area contributed by atoms with Crippen LogP contribution in [-0.2, 0) is 26.3 Å². The minimum atomic E-state index is -3.95. The Bertz CT molecular complexity index is 1020. The molecule has 0 saturated carbocycles. The van der Waals surface area contributed by atoms with Gasteiger partial charge in [-0.15, -0.1) is 0 Å². The smallest absolute Gasteiger partial charge is 0.304 e. The molecule has 0 aliphatic rings. The summed E-state index contributed by atoms with van der Waals surface area (Å²) in [5, 5.41) is 3.03. The summed E-state index contributed by atoms with van der Waals surface area (Å²) in [6.07, 6.45) is 0. The molecule has 168 valence electrons. The lowest BCUT2D eigenvalue weighted by atomic mass is 10.1.